The van der Waals surface area contributed by atoms with E-state index < -0.39 is 6.10 Å². The number of thiophene rings is 1. The van der Waals surface area contributed by atoms with E-state index in [0.717, 1.165) is 31.6 Å². The van der Waals surface area contributed by atoms with Crippen molar-refractivity contribution in [1.29, 1.82) is 0 Å². The van der Waals surface area contributed by atoms with Gasteiger partial charge < -0.3 is 9.67 Å². The van der Waals surface area contributed by atoms with Gasteiger partial charge >= 0.3 is 0 Å². The van der Waals surface area contributed by atoms with Gasteiger partial charge in [-0.2, -0.15) is 0 Å². The van der Waals surface area contributed by atoms with Crippen molar-refractivity contribution in [2.45, 2.75) is 38.8 Å². The molecule has 0 fully saturated rings. The summed E-state index contributed by atoms with van der Waals surface area (Å²) in [6.45, 7) is 2.92. The van der Waals surface area contributed by atoms with Crippen molar-refractivity contribution in [2.24, 2.45) is 0 Å². The van der Waals surface area contributed by atoms with Crippen LogP contribution in [-0.4, -0.2) is 14.7 Å². The maximum absolute atomic E-state index is 10.1. The van der Waals surface area contributed by atoms with Crippen LogP contribution in [0.4, 0.5) is 0 Å². The number of aliphatic hydroxyl groups excluding tert-OH is 1. The molecule has 0 aromatic carbocycles. The topological polar surface area (TPSA) is 38.0 Å². The normalized spacial score (nSPS) is 12.8. The predicted octanol–water partition coefficient (Wildman–Crippen LogP) is 3.02. The van der Waals surface area contributed by atoms with E-state index in [-0.39, 0.29) is 0 Å². The molecular weight excluding hydrogens is 232 g/mol. The first-order chi connectivity index (χ1) is 8.31. The predicted molar refractivity (Wildman–Crippen MR) is 70.1 cm³/mol. The van der Waals surface area contributed by atoms with Gasteiger partial charge in [-0.05, 0) is 37.6 Å². The average molecular weight is 250 g/mol. The van der Waals surface area contributed by atoms with E-state index in [1.54, 1.807) is 17.5 Å². The number of aliphatic hydroxyl groups is 1. The molecule has 0 aliphatic carbocycles. The summed E-state index contributed by atoms with van der Waals surface area (Å²) in [6, 6.07) is 4.21. The molecule has 17 heavy (non-hydrogen) atoms. The number of aryl methyl sites for hydroxylation is 2. The van der Waals surface area contributed by atoms with Crippen LogP contribution in [0.15, 0.2) is 29.9 Å². The Kier molecular flexibility index (Phi) is 4.34. The Morgan fingerprint density at radius 1 is 1.53 bits per heavy atom. The van der Waals surface area contributed by atoms with Crippen molar-refractivity contribution in [2.75, 3.05) is 0 Å². The number of aromatic nitrogens is 2. The zero-order valence-electron chi connectivity index (χ0n) is 10.0. The van der Waals surface area contributed by atoms with E-state index in [2.05, 4.69) is 29.4 Å². The molecule has 4 heteroatoms. The SMILES string of the molecule is CCn1ccnc1C(O)CCCc1cccs1. The van der Waals surface area contributed by atoms with Gasteiger partial charge in [-0.3, -0.25) is 0 Å². The van der Waals surface area contributed by atoms with Gasteiger partial charge in [0.05, 0.1) is 0 Å². The number of imidazole rings is 1. The van der Waals surface area contributed by atoms with E-state index in [4.69, 9.17) is 0 Å². The fraction of sp³-hybridized carbons (Fsp3) is 0.462. The van der Waals surface area contributed by atoms with Gasteiger partial charge in [0.15, 0.2) is 0 Å². The second-order valence-corrected chi connectivity index (χ2v) is 5.09. The summed E-state index contributed by atoms with van der Waals surface area (Å²) in [5.74, 6) is 0.790. The standard InChI is InChI=1S/C13H18N2OS/c1-2-15-9-8-14-13(15)12(16)7-3-5-11-6-4-10-17-11/h4,6,8-10,12,16H,2-3,5,7H2,1H3. The molecule has 1 unspecified atom stereocenters. The summed E-state index contributed by atoms with van der Waals surface area (Å²) in [7, 11) is 0. The van der Waals surface area contributed by atoms with Crippen molar-refractivity contribution in [3.8, 4) is 0 Å². The molecule has 0 saturated heterocycles. The van der Waals surface area contributed by atoms with Crippen molar-refractivity contribution in [1.82, 2.24) is 9.55 Å². The van der Waals surface area contributed by atoms with Gasteiger partial charge in [0, 0.05) is 23.8 Å². The van der Waals surface area contributed by atoms with Crippen LogP contribution in [-0.2, 0) is 13.0 Å². The van der Waals surface area contributed by atoms with Crippen LogP contribution in [0.3, 0.4) is 0 Å². The molecule has 2 aromatic heterocycles. The molecule has 3 nitrogen and oxygen atoms in total. The lowest BCUT2D eigenvalue weighted by Crippen LogP contribution is -2.07. The maximum Gasteiger partial charge on any atom is 0.137 e. The molecule has 0 radical (unpaired) electrons. The molecule has 92 valence electrons. The van der Waals surface area contributed by atoms with E-state index in [1.807, 2.05) is 10.8 Å². The number of hydrogen-bond acceptors (Lipinski definition) is 3. The highest BCUT2D eigenvalue weighted by Gasteiger charge is 2.12. The highest BCUT2D eigenvalue weighted by atomic mass is 32.1. The molecule has 1 atom stereocenters. The van der Waals surface area contributed by atoms with Crippen molar-refractivity contribution in [3.05, 3.63) is 40.6 Å². The van der Waals surface area contributed by atoms with Crippen LogP contribution >= 0.6 is 11.3 Å². The number of nitrogens with zero attached hydrogens (tertiary/aromatic N) is 2. The molecular formula is C13H18N2OS. The first-order valence-corrected chi connectivity index (χ1v) is 6.90. The lowest BCUT2D eigenvalue weighted by atomic mass is 10.1. The van der Waals surface area contributed by atoms with Gasteiger partial charge in [-0.25, -0.2) is 4.98 Å². The lowest BCUT2D eigenvalue weighted by molar-refractivity contribution is 0.150. The second kappa shape index (κ2) is 5.98. The van der Waals surface area contributed by atoms with Gasteiger partial charge in [0.2, 0.25) is 0 Å². The summed E-state index contributed by atoms with van der Waals surface area (Å²) in [4.78, 5) is 5.60. The minimum absolute atomic E-state index is 0.440. The van der Waals surface area contributed by atoms with Gasteiger partial charge in [-0.15, -0.1) is 11.3 Å². The number of rotatable bonds is 6. The Morgan fingerprint density at radius 3 is 3.12 bits per heavy atom. The van der Waals surface area contributed by atoms with E-state index in [9.17, 15) is 5.11 Å². The summed E-state index contributed by atoms with van der Waals surface area (Å²) >= 11 is 1.78. The monoisotopic (exact) mass is 250 g/mol. The quantitative estimate of drug-likeness (QED) is 0.855. The molecule has 0 amide bonds. The summed E-state index contributed by atoms with van der Waals surface area (Å²) in [6.07, 6.45) is 6.04. The Balaban J connectivity index is 1.83. The van der Waals surface area contributed by atoms with Crippen LogP contribution in [0.1, 0.15) is 36.6 Å². The Bertz CT molecular complexity index is 436. The molecule has 0 aliphatic heterocycles. The van der Waals surface area contributed by atoms with Crippen molar-refractivity contribution >= 4 is 11.3 Å². The molecule has 2 heterocycles. The molecule has 1 N–H and O–H groups in total. The van der Waals surface area contributed by atoms with Crippen LogP contribution in [0.25, 0.3) is 0 Å². The highest BCUT2D eigenvalue weighted by molar-refractivity contribution is 7.09. The zero-order valence-corrected chi connectivity index (χ0v) is 10.9. The molecule has 0 aliphatic rings. The number of hydrogen-bond donors (Lipinski definition) is 1. The molecule has 0 bridgehead atoms. The van der Waals surface area contributed by atoms with Gasteiger partial charge in [-0.1, -0.05) is 6.07 Å². The maximum atomic E-state index is 10.1. The van der Waals surface area contributed by atoms with Crippen LogP contribution in [0.5, 0.6) is 0 Å². The smallest absolute Gasteiger partial charge is 0.137 e. The molecule has 2 aromatic rings. The third kappa shape index (κ3) is 3.17. The zero-order chi connectivity index (χ0) is 12.1. The fourth-order valence-electron chi connectivity index (χ4n) is 1.94. The second-order valence-electron chi connectivity index (χ2n) is 4.06. The van der Waals surface area contributed by atoms with E-state index in [0.29, 0.717) is 0 Å². The average Bonchev–Trinajstić information content (AvgIpc) is 2.99. The Labute approximate surface area is 106 Å². The van der Waals surface area contributed by atoms with Gasteiger partial charge in [0.25, 0.3) is 0 Å². The Hall–Kier alpha value is -1.13. The van der Waals surface area contributed by atoms with Crippen molar-refractivity contribution < 1.29 is 5.11 Å². The first kappa shape index (κ1) is 12.3. The summed E-state index contributed by atoms with van der Waals surface area (Å²) in [5.41, 5.74) is 0. The van der Waals surface area contributed by atoms with Crippen LogP contribution in [0, 0.1) is 0 Å². The van der Waals surface area contributed by atoms with E-state index in [1.165, 1.54) is 4.88 Å². The van der Waals surface area contributed by atoms with Crippen LogP contribution < -0.4 is 0 Å². The third-order valence-corrected chi connectivity index (χ3v) is 3.80. The molecule has 0 saturated carbocycles. The largest absolute Gasteiger partial charge is 0.385 e. The highest BCUT2D eigenvalue weighted by Crippen LogP contribution is 2.19. The Morgan fingerprint density at radius 2 is 2.41 bits per heavy atom. The van der Waals surface area contributed by atoms with Crippen LogP contribution in [0.2, 0.25) is 0 Å². The lowest BCUT2D eigenvalue weighted by Gasteiger charge is -2.11. The minimum atomic E-state index is -0.440. The summed E-state index contributed by atoms with van der Waals surface area (Å²) in [5, 5.41) is 12.2. The third-order valence-electron chi connectivity index (χ3n) is 2.87. The molecule has 2 rings (SSSR count). The van der Waals surface area contributed by atoms with Crippen molar-refractivity contribution in [3.63, 3.8) is 0 Å². The fourth-order valence-corrected chi connectivity index (χ4v) is 2.69. The summed E-state index contributed by atoms with van der Waals surface area (Å²) < 4.78 is 2.00. The molecule has 0 spiro atoms. The first-order valence-electron chi connectivity index (χ1n) is 6.02. The van der Waals surface area contributed by atoms with E-state index >= 15 is 0 Å². The minimum Gasteiger partial charge on any atom is -0.385 e. The van der Waals surface area contributed by atoms with Gasteiger partial charge in [0.1, 0.15) is 11.9 Å².